The molecule has 25 heavy (non-hydrogen) atoms. The van der Waals surface area contributed by atoms with Gasteiger partial charge in [0.25, 0.3) is 0 Å². The highest BCUT2D eigenvalue weighted by Gasteiger charge is 2.25. The highest BCUT2D eigenvalue weighted by atomic mass is 32.2. The Morgan fingerprint density at radius 3 is 2.92 bits per heavy atom. The number of pyridine rings is 1. The summed E-state index contributed by atoms with van der Waals surface area (Å²) in [6, 6.07) is 9.48. The van der Waals surface area contributed by atoms with Crippen LogP contribution >= 0.6 is 0 Å². The number of amides is 1. The third kappa shape index (κ3) is 2.77. The van der Waals surface area contributed by atoms with Crippen LogP contribution < -0.4 is 10.0 Å². The minimum Gasteiger partial charge on any atom is -0.326 e. The summed E-state index contributed by atoms with van der Waals surface area (Å²) in [6.07, 6.45) is 1.96. The Labute approximate surface area is 143 Å². The normalized spacial score (nSPS) is 15.2. The van der Waals surface area contributed by atoms with Crippen LogP contribution in [0.1, 0.15) is 24.4 Å². The van der Waals surface area contributed by atoms with Crippen molar-refractivity contribution < 1.29 is 13.2 Å². The molecule has 3 aromatic rings. The molecule has 0 spiro atoms. The van der Waals surface area contributed by atoms with Gasteiger partial charge in [0.2, 0.25) is 15.9 Å². The molecule has 1 atom stereocenters. The topological polar surface area (TPSA) is 105 Å². The highest BCUT2D eigenvalue weighted by Crippen LogP contribution is 2.26. The molecule has 4 rings (SSSR count). The Kier molecular flexibility index (Phi) is 3.55. The van der Waals surface area contributed by atoms with Gasteiger partial charge in [-0.3, -0.25) is 9.20 Å². The number of carbonyl (C=O) groups excluding carboxylic acids is 1. The van der Waals surface area contributed by atoms with E-state index in [0.717, 1.165) is 0 Å². The van der Waals surface area contributed by atoms with Crippen LogP contribution in [0.3, 0.4) is 0 Å². The summed E-state index contributed by atoms with van der Waals surface area (Å²) >= 11 is 0. The molecule has 0 saturated heterocycles. The molecule has 2 N–H and O–H groups in total. The molecule has 0 saturated carbocycles. The van der Waals surface area contributed by atoms with Crippen molar-refractivity contribution in [2.75, 3.05) is 5.32 Å². The number of hydrogen-bond acceptors (Lipinski definition) is 5. The summed E-state index contributed by atoms with van der Waals surface area (Å²) in [5.41, 5.74) is 1.97. The molecule has 0 unspecified atom stereocenters. The van der Waals surface area contributed by atoms with Gasteiger partial charge in [0.05, 0.1) is 17.4 Å². The van der Waals surface area contributed by atoms with Crippen molar-refractivity contribution in [3.05, 3.63) is 54.0 Å². The molecule has 2 aromatic heterocycles. The molecule has 1 aliphatic rings. The van der Waals surface area contributed by atoms with Crippen LogP contribution in [-0.2, 0) is 21.2 Å². The molecular weight excluding hydrogens is 342 g/mol. The number of hydrogen-bond donors (Lipinski definition) is 2. The van der Waals surface area contributed by atoms with E-state index in [1.165, 1.54) is 12.1 Å². The van der Waals surface area contributed by atoms with E-state index in [1.807, 2.05) is 12.1 Å². The molecule has 1 aliphatic heterocycles. The fourth-order valence-electron chi connectivity index (χ4n) is 2.88. The fraction of sp³-hybridized carbons (Fsp3) is 0.188. The smallest absolute Gasteiger partial charge is 0.241 e. The van der Waals surface area contributed by atoms with Gasteiger partial charge >= 0.3 is 0 Å². The lowest BCUT2D eigenvalue weighted by Gasteiger charge is -2.13. The van der Waals surface area contributed by atoms with Crippen molar-refractivity contribution in [1.82, 2.24) is 19.3 Å². The predicted octanol–water partition coefficient (Wildman–Crippen LogP) is 1.26. The predicted molar refractivity (Wildman–Crippen MR) is 90.5 cm³/mol. The van der Waals surface area contributed by atoms with Gasteiger partial charge in [-0.2, -0.15) is 0 Å². The zero-order valence-corrected chi connectivity index (χ0v) is 14.1. The zero-order valence-electron chi connectivity index (χ0n) is 13.3. The van der Waals surface area contributed by atoms with Gasteiger partial charge in [0.1, 0.15) is 0 Å². The van der Waals surface area contributed by atoms with E-state index < -0.39 is 16.1 Å². The SMILES string of the molecule is C[C@H](NS(=O)(=O)c1ccc2c(c1)CC(=O)N2)c1nnc2ccccn12. The van der Waals surface area contributed by atoms with Crippen LogP contribution in [0.4, 0.5) is 5.69 Å². The second kappa shape index (κ2) is 5.64. The zero-order chi connectivity index (χ0) is 17.6. The number of rotatable bonds is 4. The molecule has 1 aromatic carbocycles. The molecular formula is C16H15N5O3S. The first-order valence-corrected chi connectivity index (χ1v) is 9.17. The average Bonchev–Trinajstić information content (AvgIpc) is 3.15. The van der Waals surface area contributed by atoms with E-state index >= 15 is 0 Å². The lowest BCUT2D eigenvalue weighted by molar-refractivity contribution is -0.115. The molecule has 9 heteroatoms. The number of nitrogens with zero attached hydrogens (tertiary/aromatic N) is 3. The second-order valence-electron chi connectivity index (χ2n) is 5.87. The van der Waals surface area contributed by atoms with Gasteiger partial charge in [-0.1, -0.05) is 6.07 Å². The van der Waals surface area contributed by atoms with Crippen LogP contribution in [0.25, 0.3) is 5.65 Å². The fourth-order valence-corrected chi connectivity index (χ4v) is 4.13. The van der Waals surface area contributed by atoms with E-state index in [-0.39, 0.29) is 17.2 Å². The monoisotopic (exact) mass is 357 g/mol. The van der Waals surface area contributed by atoms with Crippen molar-refractivity contribution in [1.29, 1.82) is 0 Å². The highest BCUT2D eigenvalue weighted by molar-refractivity contribution is 7.89. The minimum absolute atomic E-state index is 0.114. The average molecular weight is 357 g/mol. The maximum atomic E-state index is 12.7. The first kappa shape index (κ1) is 15.7. The van der Waals surface area contributed by atoms with Crippen molar-refractivity contribution >= 4 is 27.3 Å². The summed E-state index contributed by atoms with van der Waals surface area (Å²) in [6.45, 7) is 1.71. The molecule has 0 radical (unpaired) electrons. The molecule has 0 bridgehead atoms. The quantitative estimate of drug-likeness (QED) is 0.731. The Morgan fingerprint density at radius 1 is 1.24 bits per heavy atom. The number of anilines is 1. The number of aromatic nitrogens is 3. The summed E-state index contributed by atoms with van der Waals surface area (Å²) in [5.74, 6) is 0.359. The maximum Gasteiger partial charge on any atom is 0.241 e. The molecule has 0 aliphatic carbocycles. The summed E-state index contributed by atoms with van der Waals surface area (Å²) < 4.78 is 29.7. The second-order valence-corrected chi connectivity index (χ2v) is 7.59. The van der Waals surface area contributed by atoms with Crippen LogP contribution in [0.2, 0.25) is 0 Å². The van der Waals surface area contributed by atoms with Gasteiger partial charge in [-0.15, -0.1) is 10.2 Å². The summed E-state index contributed by atoms with van der Waals surface area (Å²) in [7, 11) is -3.76. The lowest BCUT2D eigenvalue weighted by Crippen LogP contribution is -2.28. The van der Waals surface area contributed by atoms with Gasteiger partial charge < -0.3 is 5.32 Å². The van der Waals surface area contributed by atoms with Gasteiger partial charge in [0, 0.05) is 11.9 Å². The largest absolute Gasteiger partial charge is 0.326 e. The molecule has 0 fully saturated rings. The first-order chi connectivity index (χ1) is 11.9. The Balaban J connectivity index is 1.63. The van der Waals surface area contributed by atoms with E-state index in [2.05, 4.69) is 20.2 Å². The van der Waals surface area contributed by atoms with Gasteiger partial charge in [-0.05, 0) is 42.8 Å². The van der Waals surface area contributed by atoms with Crippen LogP contribution in [0.15, 0.2) is 47.5 Å². The van der Waals surface area contributed by atoms with E-state index in [1.54, 1.807) is 29.7 Å². The molecule has 3 heterocycles. The van der Waals surface area contributed by atoms with Crippen LogP contribution in [0.5, 0.6) is 0 Å². The Morgan fingerprint density at radius 2 is 2.08 bits per heavy atom. The van der Waals surface area contributed by atoms with Gasteiger partial charge in [-0.25, -0.2) is 13.1 Å². The van der Waals surface area contributed by atoms with Crippen molar-refractivity contribution in [2.45, 2.75) is 24.3 Å². The molecule has 1 amide bonds. The number of nitrogens with one attached hydrogen (secondary N) is 2. The third-order valence-electron chi connectivity index (χ3n) is 4.07. The summed E-state index contributed by atoms with van der Waals surface area (Å²) in [5, 5.41) is 10.8. The molecule has 128 valence electrons. The standard InChI is InChI=1S/C16H15N5O3S/c1-10(16-19-18-14-4-2-3-7-21(14)16)20-25(23,24)12-5-6-13-11(8-12)9-15(22)17-13/h2-8,10,20H,9H2,1H3,(H,17,22)/t10-/m0/s1. The summed E-state index contributed by atoms with van der Waals surface area (Å²) in [4.78, 5) is 11.5. The van der Waals surface area contributed by atoms with Crippen molar-refractivity contribution in [3.63, 3.8) is 0 Å². The lowest BCUT2D eigenvalue weighted by atomic mass is 10.2. The minimum atomic E-state index is -3.76. The van der Waals surface area contributed by atoms with Crippen LogP contribution in [-0.4, -0.2) is 28.9 Å². The van der Waals surface area contributed by atoms with E-state index in [9.17, 15) is 13.2 Å². The number of fused-ring (bicyclic) bond motifs is 2. The van der Waals surface area contributed by atoms with Crippen LogP contribution in [0, 0.1) is 0 Å². The van der Waals surface area contributed by atoms with E-state index in [4.69, 9.17) is 0 Å². The Hall–Kier alpha value is -2.78. The number of sulfonamides is 1. The number of carbonyl (C=O) groups is 1. The van der Waals surface area contributed by atoms with E-state index in [0.29, 0.717) is 22.7 Å². The first-order valence-electron chi connectivity index (χ1n) is 7.69. The number of benzene rings is 1. The Bertz CT molecular complexity index is 1090. The van der Waals surface area contributed by atoms with Crippen molar-refractivity contribution in [3.8, 4) is 0 Å². The molecule has 8 nitrogen and oxygen atoms in total. The van der Waals surface area contributed by atoms with Crippen molar-refractivity contribution in [2.24, 2.45) is 0 Å². The van der Waals surface area contributed by atoms with Gasteiger partial charge in [0.15, 0.2) is 11.5 Å². The third-order valence-corrected chi connectivity index (χ3v) is 5.61. The maximum absolute atomic E-state index is 12.7.